The fourth-order valence-electron chi connectivity index (χ4n) is 3.16. The Morgan fingerprint density at radius 3 is 2.62 bits per heavy atom. The van der Waals surface area contributed by atoms with Gasteiger partial charge in [-0.25, -0.2) is 0 Å². The second-order valence-electron chi connectivity index (χ2n) is 5.88. The van der Waals surface area contributed by atoms with Crippen molar-refractivity contribution >= 4 is 27.3 Å². The SMILES string of the molecule is Cc1cc2c(c(C)c1N)CCCN2Cc1ccc(Br)cc1. The first-order chi connectivity index (χ1) is 10.1. The van der Waals surface area contributed by atoms with Crippen molar-refractivity contribution in [2.75, 3.05) is 17.2 Å². The van der Waals surface area contributed by atoms with Crippen LogP contribution in [-0.4, -0.2) is 6.54 Å². The highest BCUT2D eigenvalue weighted by Gasteiger charge is 2.20. The molecule has 0 atom stereocenters. The van der Waals surface area contributed by atoms with E-state index in [1.54, 1.807) is 0 Å². The number of anilines is 2. The van der Waals surface area contributed by atoms with Crippen LogP contribution in [-0.2, 0) is 13.0 Å². The average molecular weight is 345 g/mol. The molecule has 0 radical (unpaired) electrons. The van der Waals surface area contributed by atoms with Crippen molar-refractivity contribution in [3.8, 4) is 0 Å². The molecule has 110 valence electrons. The number of nitrogen functional groups attached to an aromatic ring is 1. The standard InChI is InChI=1S/C18H21BrN2/c1-12-10-17-16(13(2)18(12)20)4-3-9-21(17)11-14-5-7-15(19)8-6-14/h5-8,10H,3-4,9,11,20H2,1-2H3. The first-order valence-corrected chi connectivity index (χ1v) is 8.23. The molecule has 0 spiro atoms. The normalized spacial score (nSPS) is 14.1. The zero-order valence-electron chi connectivity index (χ0n) is 12.6. The molecule has 0 fully saturated rings. The Hall–Kier alpha value is -1.48. The van der Waals surface area contributed by atoms with Crippen LogP contribution in [0.4, 0.5) is 11.4 Å². The number of fused-ring (bicyclic) bond motifs is 1. The van der Waals surface area contributed by atoms with E-state index >= 15 is 0 Å². The zero-order chi connectivity index (χ0) is 15.0. The Kier molecular flexibility index (Phi) is 3.94. The summed E-state index contributed by atoms with van der Waals surface area (Å²) in [6.07, 6.45) is 2.34. The van der Waals surface area contributed by atoms with Crippen molar-refractivity contribution in [3.63, 3.8) is 0 Å². The van der Waals surface area contributed by atoms with Crippen LogP contribution in [0.15, 0.2) is 34.8 Å². The summed E-state index contributed by atoms with van der Waals surface area (Å²) in [6, 6.07) is 10.9. The lowest BCUT2D eigenvalue weighted by Crippen LogP contribution is -2.29. The Morgan fingerprint density at radius 2 is 1.90 bits per heavy atom. The second kappa shape index (κ2) is 5.72. The van der Waals surface area contributed by atoms with Gasteiger partial charge in [-0.3, -0.25) is 0 Å². The van der Waals surface area contributed by atoms with Crippen LogP contribution >= 0.6 is 15.9 Å². The van der Waals surface area contributed by atoms with Crippen molar-refractivity contribution in [1.29, 1.82) is 0 Å². The van der Waals surface area contributed by atoms with Crippen LogP contribution in [0.1, 0.15) is 28.7 Å². The van der Waals surface area contributed by atoms with E-state index in [1.807, 2.05) is 0 Å². The van der Waals surface area contributed by atoms with Gasteiger partial charge >= 0.3 is 0 Å². The summed E-state index contributed by atoms with van der Waals surface area (Å²) in [5.74, 6) is 0. The van der Waals surface area contributed by atoms with Gasteiger partial charge < -0.3 is 10.6 Å². The van der Waals surface area contributed by atoms with Gasteiger partial charge in [0.25, 0.3) is 0 Å². The van der Waals surface area contributed by atoms with Crippen LogP contribution in [0.2, 0.25) is 0 Å². The summed E-state index contributed by atoms with van der Waals surface area (Å²) < 4.78 is 1.13. The third-order valence-electron chi connectivity index (χ3n) is 4.43. The molecule has 21 heavy (non-hydrogen) atoms. The van der Waals surface area contributed by atoms with E-state index in [4.69, 9.17) is 5.73 Å². The molecule has 2 N–H and O–H groups in total. The minimum absolute atomic E-state index is 0.958. The Bertz CT molecular complexity index is 662. The summed E-state index contributed by atoms with van der Waals surface area (Å²) in [5, 5.41) is 0. The number of rotatable bonds is 2. The van der Waals surface area contributed by atoms with Gasteiger partial charge in [0.05, 0.1) is 0 Å². The van der Waals surface area contributed by atoms with Gasteiger partial charge in [-0.05, 0) is 67.1 Å². The second-order valence-corrected chi connectivity index (χ2v) is 6.80. The van der Waals surface area contributed by atoms with Crippen molar-refractivity contribution < 1.29 is 0 Å². The number of aryl methyl sites for hydroxylation is 1. The van der Waals surface area contributed by atoms with Crippen molar-refractivity contribution in [3.05, 3.63) is 57.1 Å². The molecular formula is C18H21BrN2. The van der Waals surface area contributed by atoms with Gasteiger partial charge in [-0.2, -0.15) is 0 Å². The number of benzene rings is 2. The van der Waals surface area contributed by atoms with Crippen molar-refractivity contribution in [1.82, 2.24) is 0 Å². The fourth-order valence-corrected chi connectivity index (χ4v) is 3.42. The average Bonchev–Trinajstić information content (AvgIpc) is 2.48. The fraction of sp³-hybridized carbons (Fsp3) is 0.333. The first-order valence-electron chi connectivity index (χ1n) is 7.44. The van der Waals surface area contributed by atoms with Gasteiger partial charge in [0.15, 0.2) is 0 Å². The number of halogens is 1. The largest absolute Gasteiger partial charge is 0.398 e. The quantitative estimate of drug-likeness (QED) is 0.806. The van der Waals surface area contributed by atoms with E-state index in [0.29, 0.717) is 0 Å². The molecule has 3 rings (SSSR count). The predicted octanol–water partition coefficient (Wildman–Crippen LogP) is 4.60. The summed E-state index contributed by atoms with van der Waals surface area (Å²) in [5.41, 5.74) is 13.8. The first kappa shape index (κ1) is 14.5. The van der Waals surface area contributed by atoms with E-state index in [2.05, 4.69) is 65.0 Å². The van der Waals surface area contributed by atoms with Crippen LogP contribution in [0.5, 0.6) is 0 Å². The molecule has 2 nitrogen and oxygen atoms in total. The summed E-state index contributed by atoms with van der Waals surface area (Å²) in [6.45, 7) is 6.34. The maximum atomic E-state index is 6.20. The van der Waals surface area contributed by atoms with Gasteiger partial charge in [-0.1, -0.05) is 28.1 Å². The Balaban J connectivity index is 1.95. The number of hydrogen-bond donors (Lipinski definition) is 1. The lowest BCUT2D eigenvalue weighted by molar-refractivity contribution is 0.688. The Morgan fingerprint density at radius 1 is 1.19 bits per heavy atom. The summed E-state index contributed by atoms with van der Waals surface area (Å²) in [7, 11) is 0. The molecule has 1 aliphatic heterocycles. The van der Waals surface area contributed by atoms with Gasteiger partial charge in [0, 0.05) is 28.9 Å². The maximum Gasteiger partial charge on any atom is 0.0429 e. The summed E-state index contributed by atoms with van der Waals surface area (Å²) >= 11 is 3.50. The van der Waals surface area contributed by atoms with Gasteiger partial charge in [0.1, 0.15) is 0 Å². The number of nitrogens with zero attached hydrogens (tertiary/aromatic N) is 1. The summed E-state index contributed by atoms with van der Waals surface area (Å²) in [4.78, 5) is 2.49. The highest BCUT2D eigenvalue weighted by atomic mass is 79.9. The molecule has 0 aliphatic carbocycles. The van der Waals surface area contributed by atoms with E-state index in [0.717, 1.165) is 29.7 Å². The highest BCUT2D eigenvalue weighted by molar-refractivity contribution is 9.10. The van der Waals surface area contributed by atoms with E-state index < -0.39 is 0 Å². The van der Waals surface area contributed by atoms with Crippen LogP contribution in [0, 0.1) is 13.8 Å². The van der Waals surface area contributed by atoms with Crippen LogP contribution in [0.3, 0.4) is 0 Å². The van der Waals surface area contributed by atoms with Crippen LogP contribution < -0.4 is 10.6 Å². The highest BCUT2D eigenvalue weighted by Crippen LogP contribution is 2.35. The lowest BCUT2D eigenvalue weighted by atomic mass is 9.93. The molecule has 0 amide bonds. The minimum Gasteiger partial charge on any atom is -0.398 e. The molecule has 2 aromatic rings. The zero-order valence-corrected chi connectivity index (χ0v) is 14.2. The molecule has 0 saturated heterocycles. The molecular weight excluding hydrogens is 324 g/mol. The number of hydrogen-bond acceptors (Lipinski definition) is 2. The lowest BCUT2D eigenvalue weighted by Gasteiger charge is -2.33. The third-order valence-corrected chi connectivity index (χ3v) is 4.95. The molecule has 0 unspecified atom stereocenters. The van der Waals surface area contributed by atoms with E-state index in [-0.39, 0.29) is 0 Å². The van der Waals surface area contributed by atoms with Crippen LogP contribution in [0.25, 0.3) is 0 Å². The van der Waals surface area contributed by atoms with Crippen molar-refractivity contribution in [2.24, 2.45) is 0 Å². The van der Waals surface area contributed by atoms with E-state index in [1.165, 1.54) is 34.4 Å². The van der Waals surface area contributed by atoms with Gasteiger partial charge in [0.2, 0.25) is 0 Å². The third kappa shape index (κ3) is 2.80. The number of nitrogens with two attached hydrogens (primary N) is 1. The molecule has 0 saturated carbocycles. The Labute approximate surface area is 135 Å². The molecule has 1 aliphatic rings. The van der Waals surface area contributed by atoms with Crippen molar-refractivity contribution in [2.45, 2.75) is 33.2 Å². The van der Waals surface area contributed by atoms with Gasteiger partial charge in [-0.15, -0.1) is 0 Å². The molecule has 0 aromatic heterocycles. The molecule has 1 heterocycles. The van der Waals surface area contributed by atoms with E-state index in [9.17, 15) is 0 Å². The topological polar surface area (TPSA) is 29.3 Å². The smallest absolute Gasteiger partial charge is 0.0429 e. The molecule has 3 heteroatoms. The maximum absolute atomic E-state index is 6.20. The molecule has 2 aromatic carbocycles. The monoisotopic (exact) mass is 344 g/mol. The predicted molar refractivity (Wildman–Crippen MR) is 93.8 cm³/mol. The minimum atomic E-state index is 0.958. The molecule has 0 bridgehead atoms.